The van der Waals surface area contributed by atoms with E-state index in [1.54, 1.807) is 7.11 Å². The Morgan fingerprint density at radius 1 is 1.22 bits per heavy atom. The second-order valence-corrected chi connectivity index (χ2v) is 5.13. The Kier molecular flexibility index (Phi) is 5.80. The Bertz CT molecular complexity index is 332. The van der Waals surface area contributed by atoms with Gasteiger partial charge in [-0.05, 0) is 37.8 Å². The first kappa shape index (κ1) is 15.2. The SMILES string of the molecule is CCCCCCC(=O)C1(OC)C(C)=CCC=C1C. The van der Waals surface area contributed by atoms with Crippen LogP contribution in [0.25, 0.3) is 0 Å². The largest absolute Gasteiger partial charge is 0.362 e. The number of ether oxygens (including phenoxy) is 1. The molecule has 0 aromatic rings. The zero-order valence-corrected chi connectivity index (χ0v) is 12.2. The number of hydrogen-bond acceptors (Lipinski definition) is 2. The van der Waals surface area contributed by atoms with Crippen LogP contribution in [0, 0.1) is 0 Å². The minimum absolute atomic E-state index is 0.211. The number of rotatable bonds is 7. The van der Waals surface area contributed by atoms with E-state index in [1.807, 2.05) is 13.8 Å². The highest BCUT2D eigenvalue weighted by atomic mass is 16.5. The third kappa shape index (κ3) is 2.92. The molecule has 0 heterocycles. The average molecular weight is 250 g/mol. The van der Waals surface area contributed by atoms with Gasteiger partial charge in [-0.25, -0.2) is 0 Å². The van der Waals surface area contributed by atoms with Gasteiger partial charge in [0.1, 0.15) is 0 Å². The molecule has 1 aliphatic rings. The van der Waals surface area contributed by atoms with Gasteiger partial charge in [-0.1, -0.05) is 38.3 Å². The van der Waals surface area contributed by atoms with Crippen LogP contribution in [-0.4, -0.2) is 18.5 Å². The zero-order chi connectivity index (χ0) is 13.6. The lowest BCUT2D eigenvalue weighted by Crippen LogP contribution is -2.44. The molecule has 0 aromatic heterocycles. The molecule has 18 heavy (non-hydrogen) atoms. The summed E-state index contributed by atoms with van der Waals surface area (Å²) >= 11 is 0. The Labute approximate surface area is 111 Å². The Hall–Kier alpha value is -0.890. The Morgan fingerprint density at radius 3 is 2.33 bits per heavy atom. The summed E-state index contributed by atoms with van der Waals surface area (Å²) in [6, 6.07) is 0. The summed E-state index contributed by atoms with van der Waals surface area (Å²) < 4.78 is 5.64. The fourth-order valence-corrected chi connectivity index (χ4v) is 2.77. The summed E-state index contributed by atoms with van der Waals surface area (Å²) in [5, 5.41) is 0. The van der Waals surface area contributed by atoms with Crippen LogP contribution in [-0.2, 0) is 9.53 Å². The van der Waals surface area contributed by atoms with Crippen LogP contribution in [0.2, 0.25) is 0 Å². The number of Topliss-reactive ketones (excluding diaryl/α,β-unsaturated/α-hetero) is 1. The fraction of sp³-hybridized carbons (Fsp3) is 0.688. The molecular formula is C16H26O2. The van der Waals surface area contributed by atoms with Crippen molar-refractivity contribution in [2.24, 2.45) is 0 Å². The van der Waals surface area contributed by atoms with E-state index in [9.17, 15) is 4.79 Å². The molecule has 0 bridgehead atoms. The Morgan fingerprint density at radius 2 is 1.83 bits per heavy atom. The Balaban J connectivity index is 2.74. The highest BCUT2D eigenvalue weighted by Crippen LogP contribution is 2.35. The molecule has 0 fully saturated rings. The number of carbonyl (C=O) groups is 1. The normalized spacial score (nSPS) is 18.2. The van der Waals surface area contributed by atoms with Gasteiger partial charge in [-0.3, -0.25) is 4.79 Å². The van der Waals surface area contributed by atoms with Gasteiger partial charge >= 0.3 is 0 Å². The molecule has 0 unspecified atom stereocenters. The zero-order valence-electron chi connectivity index (χ0n) is 12.2. The maximum Gasteiger partial charge on any atom is 0.173 e. The monoisotopic (exact) mass is 250 g/mol. The molecule has 0 saturated carbocycles. The van der Waals surface area contributed by atoms with E-state index >= 15 is 0 Å². The molecule has 0 spiro atoms. The fourth-order valence-electron chi connectivity index (χ4n) is 2.77. The molecule has 1 rings (SSSR count). The van der Waals surface area contributed by atoms with Gasteiger partial charge in [0, 0.05) is 13.5 Å². The van der Waals surface area contributed by atoms with Crippen LogP contribution >= 0.6 is 0 Å². The first-order valence-electron chi connectivity index (χ1n) is 7.02. The van der Waals surface area contributed by atoms with Crippen molar-refractivity contribution in [3.05, 3.63) is 23.3 Å². The minimum Gasteiger partial charge on any atom is -0.362 e. The summed E-state index contributed by atoms with van der Waals surface area (Å²) in [5.74, 6) is 0.211. The summed E-state index contributed by atoms with van der Waals surface area (Å²) in [5.41, 5.74) is 1.32. The van der Waals surface area contributed by atoms with Crippen LogP contribution in [0.3, 0.4) is 0 Å². The molecule has 0 radical (unpaired) electrons. The number of carbonyl (C=O) groups excluding carboxylic acids is 1. The second-order valence-electron chi connectivity index (χ2n) is 5.13. The maximum absolute atomic E-state index is 12.5. The molecule has 0 N–H and O–H groups in total. The molecule has 0 amide bonds. The van der Waals surface area contributed by atoms with Crippen molar-refractivity contribution in [3.63, 3.8) is 0 Å². The summed E-state index contributed by atoms with van der Waals surface area (Å²) in [6.07, 6.45) is 10.2. The quantitative estimate of drug-likeness (QED) is 0.500. The molecule has 0 atom stereocenters. The van der Waals surface area contributed by atoms with Crippen molar-refractivity contribution in [3.8, 4) is 0 Å². The van der Waals surface area contributed by atoms with Crippen molar-refractivity contribution >= 4 is 5.78 Å². The third-order valence-corrected chi connectivity index (χ3v) is 3.91. The van der Waals surface area contributed by atoms with Gasteiger partial charge in [0.15, 0.2) is 11.4 Å². The molecule has 0 aliphatic heterocycles. The lowest BCUT2D eigenvalue weighted by atomic mass is 9.78. The predicted molar refractivity (Wildman–Crippen MR) is 75.6 cm³/mol. The van der Waals surface area contributed by atoms with Crippen LogP contribution in [0.1, 0.15) is 59.3 Å². The number of unbranched alkanes of at least 4 members (excludes halogenated alkanes) is 3. The highest BCUT2D eigenvalue weighted by molar-refractivity contribution is 5.94. The van der Waals surface area contributed by atoms with E-state index < -0.39 is 5.60 Å². The van der Waals surface area contributed by atoms with Gasteiger partial charge in [0.05, 0.1) is 0 Å². The van der Waals surface area contributed by atoms with Crippen molar-refractivity contribution < 1.29 is 9.53 Å². The predicted octanol–water partition coefficient (Wildman–Crippen LogP) is 4.21. The van der Waals surface area contributed by atoms with Crippen LogP contribution in [0.5, 0.6) is 0 Å². The van der Waals surface area contributed by atoms with E-state index in [0.29, 0.717) is 6.42 Å². The number of methoxy groups -OCH3 is 1. The van der Waals surface area contributed by atoms with Gasteiger partial charge in [-0.2, -0.15) is 0 Å². The smallest absolute Gasteiger partial charge is 0.173 e. The topological polar surface area (TPSA) is 26.3 Å². The van der Waals surface area contributed by atoms with E-state index in [-0.39, 0.29) is 5.78 Å². The standard InChI is InChI=1S/C16H26O2/c1-5-6-7-8-12-15(17)16(18-4)13(2)10-9-11-14(16)3/h10-11H,5-9,12H2,1-4H3. The average Bonchev–Trinajstić information content (AvgIpc) is 2.35. The number of hydrogen-bond donors (Lipinski definition) is 0. The number of allylic oxidation sites excluding steroid dienone is 2. The molecular weight excluding hydrogens is 224 g/mol. The summed E-state index contributed by atoms with van der Waals surface area (Å²) in [4.78, 5) is 12.5. The number of ketones is 1. The van der Waals surface area contributed by atoms with Crippen molar-refractivity contribution in [1.29, 1.82) is 0 Å². The van der Waals surface area contributed by atoms with Gasteiger partial charge in [0.25, 0.3) is 0 Å². The molecule has 1 aliphatic carbocycles. The minimum atomic E-state index is -0.773. The molecule has 0 saturated heterocycles. The van der Waals surface area contributed by atoms with Gasteiger partial charge < -0.3 is 4.74 Å². The van der Waals surface area contributed by atoms with E-state index in [2.05, 4.69) is 19.1 Å². The maximum atomic E-state index is 12.5. The first-order chi connectivity index (χ1) is 8.59. The van der Waals surface area contributed by atoms with Crippen LogP contribution in [0.4, 0.5) is 0 Å². The van der Waals surface area contributed by atoms with E-state index in [0.717, 1.165) is 30.4 Å². The molecule has 0 aromatic carbocycles. The van der Waals surface area contributed by atoms with Crippen molar-refractivity contribution in [2.75, 3.05) is 7.11 Å². The highest BCUT2D eigenvalue weighted by Gasteiger charge is 2.41. The molecule has 2 heteroatoms. The lowest BCUT2D eigenvalue weighted by Gasteiger charge is -2.35. The lowest BCUT2D eigenvalue weighted by molar-refractivity contribution is -0.133. The van der Waals surface area contributed by atoms with Crippen LogP contribution < -0.4 is 0 Å². The second kappa shape index (κ2) is 6.89. The van der Waals surface area contributed by atoms with Gasteiger partial charge in [0.2, 0.25) is 0 Å². The van der Waals surface area contributed by atoms with E-state index in [4.69, 9.17) is 4.74 Å². The van der Waals surface area contributed by atoms with E-state index in [1.165, 1.54) is 12.8 Å². The summed E-state index contributed by atoms with van der Waals surface area (Å²) in [6.45, 7) is 6.19. The van der Waals surface area contributed by atoms with Crippen molar-refractivity contribution in [1.82, 2.24) is 0 Å². The van der Waals surface area contributed by atoms with Crippen LogP contribution in [0.15, 0.2) is 23.3 Å². The van der Waals surface area contributed by atoms with Gasteiger partial charge in [-0.15, -0.1) is 0 Å². The first-order valence-corrected chi connectivity index (χ1v) is 7.02. The summed E-state index contributed by atoms with van der Waals surface area (Å²) in [7, 11) is 1.64. The third-order valence-electron chi connectivity index (χ3n) is 3.91. The molecule has 102 valence electrons. The van der Waals surface area contributed by atoms with Crippen molar-refractivity contribution in [2.45, 2.75) is 64.9 Å². The molecule has 2 nitrogen and oxygen atoms in total.